The van der Waals surface area contributed by atoms with E-state index in [2.05, 4.69) is 217 Å². The van der Waals surface area contributed by atoms with Crippen molar-refractivity contribution in [2.75, 3.05) is 0 Å². The average Bonchev–Trinajstić information content (AvgIpc) is 3.70. The number of hydrogen-bond acceptors (Lipinski definition) is 3. The van der Waals surface area contributed by atoms with Crippen LogP contribution in [0.5, 0.6) is 0 Å². The first-order valence-electron chi connectivity index (χ1n) is 20.7. The number of para-hydroxylation sites is 3. The van der Waals surface area contributed by atoms with Crippen LogP contribution in [0.25, 0.3) is 116 Å². The number of pyridine rings is 1. The summed E-state index contributed by atoms with van der Waals surface area (Å²) in [4.78, 5) is 15.7. The lowest BCUT2D eigenvalue weighted by Crippen LogP contribution is -1.97. The number of hydrogen-bond donors (Lipinski definition) is 0. The fraction of sp³-hybridized carbons (Fsp3) is 0. The highest BCUT2D eigenvalue weighted by Gasteiger charge is 2.21. The van der Waals surface area contributed by atoms with Gasteiger partial charge in [-0.05, 0) is 69.1 Å². The number of fused-ring (bicyclic) bond motifs is 8. The Hall–Kier alpha value is -8.21. The third kappa shape index (κ3) is 5.96. The zero-order chi connectivity index (χ0) is 40.3. The molecule has 0 N–H and O–H groups in total. The zero-order valence-corrected chi connectivity index (χ0v) is 33.1. The molecular weight excluding hydrogens is 741 g/mol. The monoisotopic (exact) mass is 776 g/mol. The number of aromatic nitrogens is 4. The van der Waals surface area contributed by atoms with Gasteiger partial charge in [0.15, 0.2) is 5.82 Å². The van der Waals surface area contributed by atoms with Crippen LogP contribution in [0.3, 0.4) is 0 Å². The van der Waals surface area contributed by atoms with Crippen LogP contribution in [0.4, 0.5) is 0 Å². The van der Waals surface area contributed by atoms with Gasteiger partial charge in [-0.2, -0.15) is 0 Å². The Morgan fingerprint density at radius 1 is 0.328 bits per heavy atom. The third-order valence-electron chi connectivity index (χ3n) is 12.0. The van der Waals surface area contributed by atoms with E-state index in [4.69, 9.17) is 15.0 Å². The van der Waals surface area contributed by atoms with E-state index in [1.807, 2.05) is 6.07 Å². The van der Waals surface area contributed by atoms with Crippen LogP contribution in [-0.2, 0) is 0 Å². The smallest absolute Gasteiger partial charge is 0.160 e. The van der Waals surface area contributed by atoms with Gasteiger partial charge < -0.3 is 4.57 Å². The average molecular weight is 777 g/mol. The van der Waals surface area contributed by atoms with Crippen molar-refractivity contribution in [1.82, 2.24) is 19.5 Å². The summed E-state index contributed by atoms with van der Waals surface area (Å²) in [5.41, 5.74) is 13.5. The summed E-state index contributed by atoms with van der Waals surface area (Å²) in [6.45, 7) is 0. The lowest BCUT2D eigenvalue weighted by molar-refractivity contribution is 1.17. The van der Waals surface area contributed by atoms with Crippen molar-refractivity contribution < 1.29 is 0 Å². The highest BCUT2D eigenvalue weighted by Crippen LogP contribution is 2.41. The third-order valence-corrected chi connectivity index (χ3v) is 12.0. The van der Waals surface area contributed by atoms with Crippen LogP contribution >= 0.6 is 0 Å². The van der Waals surface area contributed by atoms with Crippen molar-refractivity contribution in [3.8, 4) is 62.0 Å². The molecule has 0 fully saturated rings. The summed E-state index contributed by atoms with van der Waals surface area (Å²) < 4.78 is 2.37. The number of nitrogens with zero attached hydrogens (tertiary/aromatic N) is 4. The summed E-state index contributed by atoms with van der Waals surface area (Å²) in [7, 11) is 0. The molecule has 0 atom stereocenters. The van der Waals surface area contributed by atoms with Crippen LogP contribution in [0.15, 0.2) is 218 Å². The Bertz CT molecular complexity index is 3610. The molecule has 0 aliphatic rings. The van der Waals surface area contributed by atoms with Crippen molar-refractivity contribution >= 4 is 54.3 Å². The summed E-state index contributed by atoms with van der Waals surface area (Å²) in [5.74, 6) is 0.691. The van der Waals surface area contributed by atoms with Crippen LogP contribution in [-0.4, -0.2) is 19.5 Å². The van der Waals surface area contributed by atoms with Crippen molar-refractivity contribution in [3.05, 3.63) is 218 Å². The molecule has 61 heavy (non-hydrogen) atoms. The maximum Gasteiger partial charge on any atom is 0.160 e. The minimum Gasteiger partial charge on any atom is -0.307 e. The van der Waals surface area contributed by atoms with Crippen LogP contribution in [0.2, 0.25) is 0 Å². The van der Waals surface area contributed by atoms with Gasteiger partial charge in [-0.25, -0.2) is 15.0 Å². The molecule has 0 saturated heterocycles. The molecule has 0 radical (unpaired) electrons. The molecule has 3 aromatic heterocycles. The van der Waals surface area contributed by atoms with Crippen molar-refractivity contribution in [1.29, 1.82) is 0 Å². The molecule has 284 valence electrons. The van der Waals surface area contributed by atoms with E-state index >= 15 is 0 Å². The molecule has 0 bridgehead atoms. The van der Waals surface area contributed by atoms with Gasteiger partial charge in [-0.3, -0.25) is 0 Å². The predicted octanol–water partition coefficient (Wildman–Crippen LogP) is 14.8. The van der Waals surface area contributed by atoms with Crippen LogP contribution < -0.4 is 0 Å². The van der Waals surface area contributed by atoms with Gasteiger partial charge in [0.25, 0.3) is 0 Å². The van der Waals surface area contributed by atoms with Crippen LogP contribution in [0.1, 0.15) is 0 Å². The molecule has 3 heterocycles. The van der Waals surface area contributed by atoms with Gasteiger partial charge >= 0.3 is 0 Å². The highest BCUT2D eigenvalue weighted by atomic mass is 15.0. The van der Waals surface area contributed by atoms with E-state index in [0.717, 1.165) is 78.1 Å². The maximum absolute atomic E-state index is 5.35. The minimum absolute atomic E-state index is 0.691. The van der Waals surface area contributed by atoms with Gasteiger partial charge in [-0.15, -0.1) is 0 Å². The lowest BCUT2D eigenvalue weighted by Gasteiger charge is -2.13. The van der Waals surface area contributed by atoms with Crippen molar-refractivity contribution in [2.24, 2.45) is 0 Å². The first kappa shape index (κ1) is 34.8. The van der Waals surface area contributed by atoms with Gasteiger partial charge in [0.2, 0.25) is 0 Å². The molecule has 0 amide bonds. The highest BCUT2D eigenvalue weighted by molar-refractivity contribution is 6.23. The molecule has 4 nitrogen and oxygen atoms in total. The largest absolute Gasteiger partial charge is 0.307 e. The zero-order valence-electron chi connectivity index (χ0n) is 33.1. The second-order valence-corrected chi connectivity index (χ2v) is 15.6. The van der Waals surface area contributed by atoms with E-state index < -0.39 is 0 Å². The number of benzene rings is 9. The maximum atomic E-state index is 5.35. The fourth-order valence-electron chi connectivity index (χ4n) is 9.01. The molecule has 0 aliphatic heterocycles. The lowest BCUT2D eigenvalue weighted by atomic mass is 9.98. The molecule has 0 spiro atoms. The normalized spacial score (nSPS) is 11.6. The van der Waals surface area contributed by atoms with E-state index in [-0.39, 0.29) is 0 Å². The van der Waals surface area contributed by atoms with Gasteiger partial charge in [0.1, 0.15) is 0 Å². The summed E-state index contributed by atoms with van der Waals surface area (Å²) in [6, 6.07) is 77.3. The first-order valence-corrected chi connectivity index (χ1v) is 20.7. The van der Waals surface area contributed by atoms with E-state index in [1.165, 1.54) is 32.3 Å². The molecular formula is C57H36N4. The Balaban J connectivity index is 0.938. The second-order valence-electron chi connectivity index (χ2n) is 15.6. The van der Waals surface area contributed by atoms with E-state index in [9.17, 15) is 0 Å². The minimum atomic E-state index is 0.691. The Morgan fingerprint density at radius 2 is 0.869 bits per heavy atom. The molecule has 4 heteroatoms. The standard InChI is InChI=1S/C57H36N4/c1-3-14-41(15-4-1)51-36-52(44-34-29-40-28-27-39-13-7-8-18-46(39)49(40)35-44)60-57(59-51)43-32-25-38(26-33-43)37-23-30-42(31-24-37)55-56-54(47-19-9-11-21-50(47)58-55)48-20-10-12-22-53(48)61(56)45-16-5-2-6-17-45/h1-36H. The topological polar surface area (TPSA) is 43.6 Å². The Labute approximate surface area is 352 Å². The molecule has 12 rings (SSSR count). The second kappa shape index (κ2) is 14.3. The molecule has 9 aromatic carbocycles. The van der Waals surface area contributed by atoms with Crippen molar-refractivity contribution in [3.63, 3.8) is 0 Å². The fourth-order valence-corrected chi connectivity index (χ4v) is 9.01. The van der Waals surface area contributed by atoms with Crippen LogP contribution in [0, 0.1) is 0 Å². The first-order chi connectivity index (χ1) is 30.2. The molecule has 0 aliphatic carbocycles. The van der Waals surface area contributed by atoms with Crippen molar-refractivity contribution in [2.45, 2.75) is 0 Å². The molecule has 0 unspecified atom stereocenters. The summed E-state index contributed by atoms with van der Waals surface area (Å²) in [5, 5.41) is 8.47. The van der Waals surface area contributed by atoms with Gasteiger partial charge in [-0.1, -0.05) is 182 Å². The molecule has 12 aromatic rings. The molecule has 0 saturated carbocycles. The summed E-state index contributed by atoms with van der Waals surface area (Å²) in [6.07, 6.45) is 0. The SMILES string of the molecule is c1ccc(-c2cc(-c3ccc4ccc5ccccc5c4c3)nc(-c3ccc(-c4ccc(-c5nc6ccccc6c6c7ccccc7n(-c7ccccc7)c56)cc4)cc3)n2)cc1. The van der Waals surface area contributed by atoms with E-state index in [0.29, 0.717) is 5.82 Å². The Morgan fingerprint density at radius 3 is 1.62 bits per heavy atom. The predicted molar refractivity (Wildman–Crippen MR) is 254 cm³/mol. The van der Waals surface area contributed by atoms with E-state index in [1.54, 1.807) is 0 Å². The quantitative estimate of drug-likeness (QED) is 0.158. The van der Waals surface area contributed by atoms with Gasteiger partial charge in [0.05, 0.1) is 33.6 Å². The Kier molecular flexibility index (Phi) is 8.13. The number of rotatable bonds is 6. The van der Waals surface area contributed by atoms with Gasteiger partial charge in [0, 0.05) is 44.1 Å². The summed E-state index contributed by atoms with van der Waals surface area (Å²) >= 11 is 0.